The van der Waals surface area contributed by atoms with E-state index in [1.165, 1.54) is 0 Å². The van der Waals surface area contributed by atoms with Crippen LogP contribution in [0.5, 0.6) is 0 Å². The molecule has 0 aliphatic carbocycles. The van der Waals surface area contributed by atoms with Crippen molar-refractivity contribution in [3.63, 3.8) is 0 Å². The van der Waals surface area contributed by atoms with E-state index in [-0.39, 0.29) is 0 Å². The molecular weight excluding hydrogens is 458 g/mol. The summed E-state index contributed by atoms with van der Waals surface area (Å²) >= 11 is 0. The summed E-state index contributed by atoms with van der Waals surface area (Å²) in [5.41, 5.74) is 7.76. The third kappa shape index (κ3) is 4.26. The SMILES string of the molecule is Cc1nn(-c2cnc(C#N)c(NCCc3ccccn3)c2)c2cccc(-c3cnc4ccccc4c3)c12. The van der Waals surface area contributed by atoms with Crippen molar-refractivity contribution in [2.24, 2.45) is 0 Å². The molecule has 7 heteroatoms. The molecular formula is C30H23N7. The van der Waals surface area contributed by atoms with Crippen LogP contribution in [0.25, 0.3) is 38.6 Å². The minimum absolute atomic E-state index is 0.348. The fourth-order valence-corrected chi connectivity index (χ4v) is 4.67. The number of aryl methyl sites for hydroxylation is 1. The highest BCUT2D eigenvalue weighted by atomic mass is 15.3. The van der Waals surface area contributed by atoms with Gasteiger partial charge in [0.05, 0.1) is 34.3 Å². The highest BCUT2D eigenvalue weighted by Gasteiger charge is 2.16. The van der Waals surface area contributed by atoms with Crippen molar-refractivity contribution in [2.75, 3.05) is 11.9 Å². The number of pyridine rings is 3. The van der Waals surface area contributed by atoms with Gasteiger partial charge in [0.1, 0.15) is 6.07 Å². The molecule has 178 valence electrons. The van der Waals surface area contributed by atoms with Crippen LogP contribution in [0.3, 0.4) is 0 Å². The molecule has 0 spiro atoms. The van der Waals surface area contributed by atoms with Crippen molar-refractivity contribution < 1.29 is 0 Å². The second kappa shape index (κ2) is 9.51. The fraction of sp³-hybridized carbons (Fsp3) is 0.100. The van der Waals surface area contributed by atoms with Gasteiger partial charge in [-0.2, -0.15) is 10.4 Å². The van der Waals surface area contributed by atoms with E-state index in [0.29, 0.717) is 17.9 Å². The molecule has 0 aliphatic rings. The average Bonchev–Trinajstić information content (AvgIpc) is 3.30. The average molecular weight is 482 g/mol. The number of benzene rings is 2. The van der Waals surface area contributed by atoms with Crippen LogP contribution in [-0.4, -0.2) is 31.3 Å². The van der Waals surface area contributed by atoms with E-state index < -0.39 is 0 Å². The molecule has 0 saturated heterocycles. The van der Waals surface area contributed by atoms with Gasteiger partial charge in [0.15, 0.2) is 5.69 Å². The number of nitrogens with zero attached hydrogens (tertiary/aromatic N) is 6. The van der Waals surface area contributed by atoms with Crippen molar-refractivity contribution in [3.05, 3.63) is 108 Å². The van der Waals surface area contributed by atoms with Crippen LogP contribution in [0.4, 0.5) is 5.69 Å². The van der Waals surface area contributed by atoms with Gasteiger partial charge in [-0.25, -0.2) is 9.67 Å². The number of rotatable bonds is 6. The second-order valence-corrected chi connectivity index (χ2v) is 8.81. The molecule has 6 rings (SSSR count). The topological polar surface area (TPSA) is 92.3 Å². The van der Waals surface area contributed by atoms with Crippen LogP contribution in [0, 0.1) is 18.3 Å². The molecule has 0 bridgehead atoms. The summed E-state index contributed by atoms with van der Waals surface area (Å²) in [4.78, 5) is 13.4. The third-order valence-corrected chi connectivity index (χ3v) is 6.43. The molecule has 0 aliphatic heterocycles. The Morgan fingerprint density at radius 3 is 2.68 bits per heavy atom. The molecule has 0 fully saturated rings. The number of fused-ring (bicyclic) bond motifs is 2. The largest absolute Gasteiger partial charge is 0.382 e. The predicted octanol–water partition coefficient (Wildman–Crippen LogP) is 5.87. The molecule has 37 heavy (non-hydrogen) atoms. The standard InChI is InChI=1S/C30H23N7/c1-20-30-25(22-15-21-7-2-3-10-26(21)34-18-22)9-6-11-29(30)37(36-20)24-16-27(28(17-31)35-19-24)33-14-12-23-8-4-5-13-32-23/h2-11,13,15-16,18-19,33H,12,14H2,1H3. The lowest BCUT2D eigenvalue weighted by atomic mass is 10.0. The van der Waals surface area contributed by atoms with Crippen LogP contribution in [-0.2, 0) is 6.42 Å². The van der Waals surface area contributed by atoms with Crippen molar-refractivity contribution >= 4 is 27.5 Å². The van der Waals surface area contributed by atoms with Crippen LogP contribution in [0.15, 0.2) is 91.4 Å². The molecule has 1 N–H and O–H groups in total. The molecule has 4 heterocycles. The normalized spacial score (nSPS) is 11.0. The summed E-state index contributed by atoms with van der Waals surface area (Å²) in [6.07, 6.45) is 6.13. The first kappa shape index (κ1) is 22.4. The first-order chi connectivity index (χ1) is 18.2. The smallest absolute Gasteiger partial charge is 0.163 e. The predicted molar refractivity (Wildman–Crippen MR) is 145 cm³/mol. The Balaban J connectivity index is 1.38. The zero-order valence-electron chi connectivity index (χ0n) is 20.3. The highest BCUT2D eigenvalue weighted by Crippen LogP contribution is 2.33. The molecule has 2 aromatic carbocycles. The van der Waals surface area contributed by atoms with Crippen molar-refractivity contribution in [1.29, 1.82) is 5.26 Å². The van der Waals surface area contributed by atoms with Crippen LogP contribution >= 0.6 is 0 Å². The Labute approximate surface area is 214 Å². The molecule has 0 saturated carbocycles. The van der Waals surface area contributed by atoms with Crippen LogP contribution in [0.2, 0.25) is 0 Å². The van der Waals surface area contributed by atoms with Crippen molar-refractivity contribution in [3.8, 4) is 22.9 Å². The quantitative estimate of drug-likeness (QED) is 0.320. The molecule has 0 amide bonds. The van der Waals surface area contributed by atoms with Gasteiger partial charge in [-0.1, -0.05) is 36.4 Å². The Kier molecular flexibility index (Phi) is 5.75. The number of hydrogen-bond donors (Lipinski definition) is 1. The van der Waals surface area contributed by atoms with E-state index in [0.717, 1.165) is 56.4 Å². The van der Waals surface area contributed by atoms with E-state index in [4.69, 9.17) is 5.10 Å². The van der Waals surface area contributed by atoms with E-state index >= 15 is 0 Å². The number of aromatic nitrogens is 5. The highest BCUT2D eigenvalue weighted by molar-refractivity contribution is 5.99. The minimum atomic E-state index is 0.348. The summed E-state index contributed by atoms with van der Waals surface area (Å²) in [5, 5.41) is 20.0. The zero-order chi connectivity index (χ0) is 25.2. The van der Waals surface area contributed by atoms with Gasteiger partial charge >= 0.3 is 0 Å². The number of nitrogens with one attached hydrogen (secondary N) is 1. The maximum atomic E-state index is 9.62. The van der Waals surface area contributed by atoms with Gasteiger partial charge in [-0.05, 0) is 48.9 Å². The monoisotopic (exact) mass is 481 g/mol. The molecule has 6 aromatic rings. The maximum Gasteiger partial charge on any atom is 0.163 e. The lowest BCUT2D eigenvalue weighted by molar-refractivity contribution is 0.880. The third-order valence-electron chi connectivity index (χ3n) is 6.43. The van der Waals surface area contributed by atoms with Crippen molar-refractivity contribution in [1.82, 2.24) is 24.7 Å². The lowest BCUT2D eigenvalue weighted by Crippen LogP contribution is -2.09. The maximum absolute atomic E-state index is 9.62. The Hall–Kier alpha value is -5.09. The zero-order valence-corrected chi connectivity index (χ0v) is 20.3. The first-order valence-corrected chi connectivity index (χ1v) is 12.1. The second-order valence-electron chi connectivity index (χ2n) is 8.81. The molecule has 7 nitrogen and oxygen atoms in total. The van der Waals surface area contributed by atoms with Gasteiger partial charge in [0.25, 0.3) is 0 Å². The van der Waals surface area contributed by atoms with E-state index in [1.54, 1.807) is 12.4 Å². The molecule has 0 radical (unpaired) electrons. The Bertz CT molecular complexity index is 1780. The molecule has 4 aromatic heterocycles. The first-order valence-electron chi connectivity index (χ1n) is 12.1. The van der Waals surface area contributed by atoms with Gasteiger partial charge < -0.3 is 5.32 Å². The molecule has 0 atom stereocenters. The number of anilines is 1. The molecule has 0 unspecified atom stereocenters. The Morgan fingerprint density at radius 1 is 0.919 bits per heavy atom. The number of hydrogen-bond acceptors (Lipinski definition) is 6. The number of nitriles is 1. The minimum Gasteiger partial charge on any atom is -0.382 e. The lowest BCUT2D eigenvalue weighted by Gasteiger charge is -2.11. The van der Waals surface area contributed by atoms with Crippen LogP contribution < -0.4 is 5.32 Å². The summed E-state index contributed by atoms with van der Waals surface area (Å²) < 4.78 is 1.89. The fourth-order valence-electron chi connectivity index (χ4n) is 4.67. The van der Waals surface area contributed by atoms with Gasteiger partial charge in [-0.3, -0.25) is 9.97 Å². The Morgan fingerprint density at radius 2 is 1.81 bits per heavy atom. The summed E-state index contributed by atoms with van der Waals surface area (Å²) in [6, 6.07) is 26.5. The summed E-state index contributed by atoms with van der Waals surface area (Å²) in [6.45, 7) is 2.65. The van der Waals surface area contributed by atoms with E-state index in [1.807, 2.05) is 66.3 Å². The van der Waals surface area contributed by atoms with E-state index in [9.17, 15) is 5.26 Å². The van der Waals surface area contributed by atoms with Gasteiger partial charge in [0, 0.05) is 47.4 Å². The van der Waals surface area contributed by atoms with Gasteiger partial charge in [0.2, 0.25) is 0 Å². The summed E-state index contributed by atoms with van der Waals surface area (Å²) in [5.74, 6) is 0. The van der Waals surface area contributed by atoms with E-state index in [2.05, 4.69) is 50.6 Å². The van der Waals surface area contributed by atoms with Crippen LogP contribution in [0.1, 0.15) is 17.1 Å². The summed E-state index contributed by atoms with van der Waals surface area (Å²) in [7, 11) is 0. The number of para-hydroxylation sites is 1. The van der Waals surface area contributed by atoms with Gasteiger partial charge in [-0.15, -0.1) is 0 Å². The van der Waals surface area contributed by atoms with Crippen molar-refractivity contribution in [2.45, 2.75) is 13.3 Å².